The lowest BCUT2D eigenvalue weighted by molar-refractivity contribution is -0.143. The fourth-order valence-electron chi connectivity index (χ4n) is 1.80. The normalized spacial score (nSPS) is 14.2. The lowest BCUT2D eigenvalue weighted by atomic mass is 10.1. The molecule has 1 aliphatic rings. The number of hydrogen-bond donors (Lipinski definition) is 1. The molecule has 0 aromatic heterocycles. The zero-order valence-electron chi connectivity index (χ0n) is 12.4. The molecule has 1 aliphatic carbocycles. The zero-order valence-corrected chi connectivity index (χ0v) is 12.4. The topological polar surface area (TPSA) is 116 Å². The van der Waals surface area contributed by atoms with Crippen molar-refractivity contribution in [2.24, 2.45) is 0 Å². The van der Waals surface area contributed by atoms with E-state index in [-0.39, 0.29) is 19.8 Å². The van der Waals surface area contributed by atoms with Crippen molar-refractivity contribution in [3.8, 4) is 0 Å². The van der Waals surface area contributed by atoms with E-state index in [0.29, 0.717) is 0 Å². The van der Waals surface area contributed by atoms with Crippen LogP contribution in [0.15, 0.2) is 22.5 Å². The predicted molar refractivity (Wildman–Crippen MR) is 71.6 cm³/mol. The number of aliphatic hydroxyl groups excluding tert-OH is 1. The monoisotopic (exact) mass is 312 g/mol. The summed E-state index contributed by atoms with van der Waals surface area (Å²) in [5, 5.41) is 9.80. The number of allylic oxidation sites excluding steroid dienone is 1. The quantitative estimate of drug-likeness (QED) is 0.425. The van der Waals surface area contributed by atoms with Gasteiger partial charge < -0.3 is 19.3 Å². The molecule has 0 aromatic rings. The van der Waals surface area contributed by atoms with Crippen LogP contribution in [0.25, 0.3) is 0 Å². The number of ether oxygens (including phenoxy) is 3. The van der Waals surface area contributed by atoms with Gasteiger partial charge in [-0.1, -0.05) is 0 Å². The van der Waals surface area contributed by atoms with Gasteiger partial charge in [-0.25, -0.2) is 14.4 Å². The molecule has 0 heterocycles. The van der Waals surface area contributed by atoms with E-state index < -0.39 is 46.2 Å². The summed E-state index contributed by atoms with van der Waals surface area (Å²) in [6.07, 6.45) is 0. The minimum Gasteiger partial charge on any atom is -0.503 e. The van der Waals surface area contributed by atoms with E-state index in [9.17, 15) is 24.3 Å². The van der Waals surface area contributed by atoms with Gasteiger partial charge >= 0.3 is 17.9 Å². The van der Waals surface area contributed by atoms with Gasteiger partial charge in [-0.2, -0.15) is 0 Å². The van der Waals surface area contributed by atoms with Crippen LogP contribution in [0.4, 0.5) is 0 Å². The molecule has 1 rings (SSSR count). The summed E-state index contributed by atoms with van der Waals surface area (Å²) >= 11 is 0. The summed E-state index contributed by atoms with van der Waals surface area (Å²) in [4.78, 5) is 47.7. The van der Waals surface area contributed by atoms with Crippen LogP contribution >= 0.6 is 0 Å². The second-order valence-electron chi connectivity index (χ2n) is 3.96. The van der Waals surface area contributed by atoms with Crippen molar-refractivity contribution < 1.29 is 38.5 Å². The fraction of sp³-hybridized carbons (Fsp3) is 0.429. The highest BCUT2D eigenvalue weighted by atomic mass is 16.5. The third-order valence-electron chi connectivity index (χ3n) is 2.62. The molecule has 1 N–H and O–H groups in total. The Morgan fingerprint density at radius 1 is 0.773 bits per heavy atom. The number of carbonyl (C=O) groups is 4. The van der Waals surface area contributed by atoms with E-state index in [2.05, 4.69) is 9.47 Å². The van der Waals surface area contributed by atoms with Crippen molar-refractivity contribution in [1.29, 1.82) is 0 Å². The summed E-state index contributed by atoms with van der Waals surface area (Å²) in [5.41, 5.74) is -2.06. The molecular weight excluding hydrogens is 296 g/mol. The molecule has 0 spiro atoms. The van der Waals surface area contributed by atoms with Crippen LogP contribution in [-0.2, 0) is 33.4 Å². The minimum absolute atomic E-state index is 0.0470. The van der Waals surface area contributed by atoms with Gasteiger partial charge in [0.1, 0.15) is 11.1 Å². The number of esters is 3. The van der Waals surface area contributed by atoms with Crippen LogP contribution < -0.4 is 0 Å². The Morgan fingerprint density at radius 2 is 1.14 bits per heavy atom. The van der Waals surface area contributed by atoms with Crippen LogP contribution in [0.5, 0.6) is 0 Å². The first-order valence-corrected chi connectivity index (χ1v) is 6.64. The van der Waals surface area contributed by atoms with E-state index in [0.717, 1.165) is 0 Å². The lowest BCUT2D eigenvalue weighted by Gasteiger charge is -2.08. The first kappa shape index (κ1) is 17.4. The summed E-state index contributed by atoms with van der Waals surface area (Å²) < 4.78 is 14.1. The van der Waals surface area contributed by atoms with Crippen LogP contribution in [-0.4, -0.2) is 48.6 Å². The standard InChI is InChI=1S/C14H16O8/c1-4-20-12(17)7-8(13(18)21-5-2)10(15)11(16)9(7)14(19)22-6-3/h4-6H2,1-3H3,(H,15,16). The van der Waals surface area contributed by atoms with Gasteiger partial charge in [0.05, 0.1) is 25.4 Å². The maximum absolute atomic E-state index is 12.0. The molecule has 0 fully saturated rings. The summed E-state index contributed by atoms with van der Waals surface area (Å²) in [6.45, 7) is 4.36. The van der Waals surface area contributed by atoms with Crippen molar-refractivity contribution >= 4 is 23.7 Å². The summed E-state index contributed by atoms with van der Waals surface area (Å²) in [7, 11) is 0. The maximum Gasteiger partial charge on any atom is 0.343 e. The van der Waals surface area contributed by atoms with E-state index in [1.165, 1.54) is 20.8 Å². The third kappa shape index (κ3) is 3.16. The first-order valence-electron chi connectivity index (χ1n) is 6.64. The van der Waals surface area contributed by atoms with Crippen molar-refractivity contribution in [3.05, 3.63) is 22.5 Å². The average molecular weight is 312 g/mol. The molecule has 8 heteroatoms. The highest BCUT2D eigenvalue weighted by Crippen LogP contribution is 2.31. The number of rotatable bonds is 6. The van der Waals surface area contributed by atoms with Gasteiger partial charge in [-0.05, 0) is 20.8 Å². The number of Topliss-reactive ketones (excluding diaryl/α,β-unsaturated/α-hetero) is 1. The zero-order chi connectivity index (χ0) is 16.9. The predicted octanol–water partition coefficient (Wildman–Crippen LogP) is 0.367. The number of hydrogen-bond acceptors (Lipinski definition) is 8. The smallest absolute Gasteiger partial charge is 0.343 e. The molecular formula is C14H16O8. The highest BCUT2D eigenvalue weighted by molar-refractivity contribution is 6.34. The van der Waals surface area contributed by atoms with Crippen molar-refractivity contribution in [1.82, 2.24) is 0 Å². The lowest BCUT2D eigenvalue weighted by Crippen LogP contribution is -2.20. The molecule has 0 amide bonds. The molecule has 0 atom stereocenters. The van der Waals surface area contributed by atoms with Crippen LogP contribution in [0, 0.1) is 0 Å². The molecule has 0 saturated carbocycles. The molecule has 0 aliphatic heterocycles. The fourth-order valence-corrected chi connectivity index (χ4v) is 1.80. The Hall–Kier alpha value is -2.64. The average Bonchev–Trinajstić information content (AvgIpc) is 2.72. The summed E-state index contributed by atoms with van der Waals surface area (Å²) in [6, 6.07) is 0. The van der Waals surface area contributed by atoms with Gasteiger partial charge in [0.15, 0.2) is 5.76 Å². The second kappa shape index (κ2) is 7.39. The van der Waals surface area contributed by atoms with Gasteiger partial charge in [0, 0.05) is 0 Å². The second-order valence-corrected chi connectivity index (χ2v) is 3.96. The minimum atomic E-state index is -1.18. The van der Waals surface area contributed by atoms with Crippen LogP contribution in [0.1, 0.15) is 20.8 Å². The Morgan fingerprint density at radius 3 is 1.55 bits per heavy atom. The molecule has 0 bridgehead atoms. The first-order chi connectivity index (χ1) is 10.4. The Bertz CT molecular complexity index is 582. The number of carbonyl (C=O) groups excluding carboxylic acids is 4. The van der Waals surface area contributed by atoms with E-state index in [1.807, 2.05) is 0 Å². The van der Waals surface area contributed by atoms with Gasteiger partial charge in [0.2, 0.25) is 5.78 Å². The van der Waals surface area contributed by atoms with Gasteiger partial charge in [-0.15, -0.1) is 0 Å². The third-order valence-corrected chi connectivity index (χ3v) is 2.62. The molecule has 120 valence electrons. The molecule has 0 saturated heterocycles. The Balaban J connectivity index is 3.45. The molecule has 0 aromatic carbocycles. The van der Waals surface area contributed by atoms with E-state index in [4.69, 9.17) is 4.74 Å². The maximum atomic E-state index is 12.0. The SMILES string of the molecule is CCOC(=O)C1=C(O)C(=O)C(C(=O)OCC)=C1C(=O)OCC. The summed E-state index contributed by atoms with van der Waals surface area (Å²) in [5.74, 6) is -5.53. The van der Waals surface area contributed by atoms with Crippen molar-refractivity contribution in [3.63, 3.8) is 0 Å². The van der Waals surface area contributed by atoms with Gasteiger partial charge in [-0.3, -0.25) is 4.79 Å². The highest BCUT2D eigenvalue weighted by Gasteiger charge is 2.44. The van der Waals surface area contributed by atoms with Crippen molar-refractivity contribution in [2.75, 3.05) is 19.8 Å². The van der Waals surface area contributed by atoms with E-state index in [1.54, 1.807) is 0 Å². The molecule has 22 heavy (non-hydrogen) atoms. The molecule has 8 nitrogen and oxygen atoms in total. The number of aliphatic hydroxyl groups is 1. The molecule has 0 unspecified atom stereocenters. The largest absolute Gasteiger partial charge is 0.503 e. The Labute approximate surface area is 126 Å². The number of ketones is 1. The van der Waals surface area contributed by atoms with E-state index >= 15 is 0 Å². The van der Waals surface area contributed by atoms with Crippen molar-refractivity contribution in [2.45, 2.75) is 20.8 Å². The van der Waals surface area contributed by atoms with Crippen LogP contribution in [0.2, 0.25) is 0 Å². The van der Waals surface area contributed by atoms with Gasteiger partial charge in [0.25, 0.3) is 0 Å². The Kier molecular flexibility index (Phi) is 5.85. The van der Waals surface area contributed by atoms with Crippen LogP contribution in [0.3, 0.4) is 0 Å². The molecule has 0 radical (unpaired) electrons.